The van der Waals surface area contributed by atoms with Crippen LogP contribution in [0.25, 0.3) is 0 Å². The summed E-state index contributed by atoms with van der Waals surface area (Å²) in [6.45, 7) is 2.90. The topological polar surface area (TPSA) is 68.5 Å². The van der Waals surface area contributed by atoms with Crippen molar-refractivity contribution in [1.82, 2.24) is 10.1 Å². The van der Waals surface area contributed by atoms with Crippen molar-refractivity contribution >= 4 is 11.6 Å². The number of aryl methyl sites for hydroxylation is 1. The van der Waals surface area contributed by atoms with Crippen LogP contribution in [0.1, 0.15) is 34.6 Å². The molecule has 0 N–H and O–H groups in total. The van der Waals surface area contributed by atoms with Gasteiger partial charge in [0.25, 0.3) is 5.91 Å². The fourth-order valence-corrected chi connectivity index (χ4v) is 3.04. The Morgan fingerprint density at radius 2 is 2.00 bits per heavy atom. The monoisotopic (exact) mass is 349 g/mol. The number of hydrogen-bond acceptors (Lipinski definition) is 5. The number of carbonyl (C=O) groups is 1. The van der Waals surface area contributed by atoms with E-state index in [1.165, 1.54) is 5.56 Å². The summed E-state index contributed by atoms with van der Waals surface area (Å²) in [5.74, 6) is 1.77. The molecule has 3 aromatic rings. The molecule has 26 heavy (non-hydrogen) atoms. The summed E-state index contributed by atoms with van der Waals surface area (Å²) in [6, 6.07) is 15.2. The van der Waals surface area contributed by atoms with Crippen LogP contribution in [0, 0.1) is 0 Å². The Bertz CT molecular complexity index is 918. The second-order valence-electron chi connectivity index (χ2n) is 6.11. The normalized spacial score (nSPS) is 12.9. The first-order valence-electron chi connectivity index (χ1n) is 8.68. The zero-order valence-corrected chi connectivity index (χ0v) is 14.5. The van der Waals surface area contributed by atoms with E-state index in [4.69, 9.17) is 9.26 Å². The van der Waals surface area contributed by atoms with Crippen LogP contribution in [-0.4, -0.2) is 22.6 Å². The van der Waals surface area contributed by atoms with Crippen LogP contribution in [0.4, 0.5) is 5.69 Å². The average molecular weight is 349 g/mol. The minimum absolute atomic E-state index is 0.00672. The van der Waals surface area contributed by atoms with Crippen molar-refractivity contribution in [3.63, 3.8) is 0 Å². The first-order chi connectivity index (χ1) is 12.7. The third kappa shape index (κ3) is 3.18. The standard InChI is InChI=1S/C20H19N3O3/c1-2-19-21-18(22-26-19)13-25-16-9-7-15(8-10-16)20(24)23-12-11-14-5-3-4-6-17(14)23/h3-10H,2,11-13H2,1H3. The van der Waals surface area contributed by atoms with Gasteiger partial charge in [-0.3, -0.25) is 4.79 Å². The molecule has 4 rings (SSSR count). The van der Waals surface area contributed by atoms with Gasteiger partial charge in [-0.2, -0.15) is 4.98 Å². The summed E-state index contributed by atoms with van der Waals surface area (Å²) < 4.78 is 10.7. The number of nitrogens with zero attached hydrogens (tertiary/aromatic N) is 3. The number of ether oxygens (including phenoxy) is 1. The predicted octanol–water partition coefficient (Wildman–Crippen LogP) is 3.41. The number of fused-ring (bicyclic) bond motifs is 1. The molecule has 1 aromatic heterocycles. The molecule has 6 heteroatoms. The van der Waals surface area contributed by atoms with E-state index in [1.807, 2.05) is 30.0 Å². The molecule has 0 atom stereocenters. The molecule has 6 nitrogen and oxygen atoms in total. The maximum atomic E-state index is 12.8. The lowest BCUT2D eigenvalue weighted by Crippen LogP contribution is -2.28. The quantitative estimate of drug-likeness (QED) is 0.706. The highest BCUT2D eigenvalue weighted by Gasteiger charge is 2.24. The van der Waals surface area contributed by atoms with E-state index in [0.29, 0.717) is 36.0 Å². The number of para-hydroxylation sites is 1. The average Bonchev–Trinajstić information content (AvgIpc) is 3.33. The highest BCUT2D eigenvalue weighted by Crippen LogP contribution is 2.29. The smallest absolute Gasteiger partial charge is 0.258 e. The second-order valence-corrected chi connectivity index (χ2v) is 6.11. The SMILES string of the molecule is CCc1nc(COc2ccc(C(=O)N3CCc4ccccc43)cc2)no1. The maximum absolute atomic E-state index is 12.8. The molecular formula is C20H19N3O3. The summed E-state index contributed by atoms with van der Waals surface area (Å²) in [4.78, 5) is 18.8. The Balaban J connectivity index is 1.42. The molecule has 0 aliphatic carbocycles. The van der Waals surface area contributed by atoms with Crippen molar-refractivity contribution in [2.75, 3.05) is 11.4 Å². The van der Waals surface area contributed by atoms with E-state index < -0.39 is 0 Å². The Labute approximate surface area is 151 Å². The molecule has 0 fully saturated rings. The van der Waals surface area contributed by atoms with Gasteiger partial charge in [-0.25, -0.2) is 0 Å². The van der Waals surface area contributed by atoms with E-state index >= 15 is 0 Å². The lowest BCUT2D eigenvalue weighted by molar-refractivity contribution is 0.0989. The molecule has 0 radical (unpaired) electrons. The predicted molar refractivity (Wildman–Crippen MR) is 96.3 cm³/mol. The Hall–Kier alpha value is -3.15. The van der Waals surface area contributed by atoms with Crippen molar-refractivity contribution in [2.45, 2.75) is 26.4 Å². The zero-order chi connectivity index (χ0) is 17.9. The largest absolute Gasteiger partial charge is 0.485 e. The number of anilines is 1. The summed E-state index contributed by atoms with van der Waals surface area (Å²) in [5, 5.41) is 3.85. The van der Waals surface area contributed by atoms with Crippen LogP contribution in [-0.2, 0) is 19.4 Å². The van der Waals surface area contributed by atoms with Gasteiger partial charge in [0.2, 0.25) is 11.7 Å². The highest BCUT2D eigenvalue weighted by atomic mass is 16.5. The van der Waals surface area contributed by atoms with Crippen molar-refractivity contribution in [2.24, 2.45) is 0 Å². The minimum Gasteiger partial charge on any atom is -0.485 e. The number of rotatable bonds is 5. The number of amides is 1. The van der Waals surface area contributed by atoms with Crippen LogP contribution in [0.3, 0.4) is 0 Å². The van der Waals surface area contributed by atoms with Gasteiger partial charge in [-0.15, -0.1) is 0 Å². The molecule has 0 saturated heterocycles. The van der Waals surface area contributed by atoms with Gasteiger partial charge in [-0.05, 0) is 42.3 Å². The third-order valence-corrected chi connectivity index (χ3v) is 4.41. The molecule has 132 valence electrons. The molecule has 0 spiro atoms. The highest BCUT2D eigenvalue weighted by molar-refractivity contribution is 6.07. The number of hydrogen-bond donors (Lipinski definition) is 0. The van der Waals surface area contributed by atoms with Crippen LogP contribution in [0.15, 0.2) is 53.1 Å². The van der Waals surface area contributed by atoms with Gasteiger partial charge >= 0.3 is 0 Å². The van der Waals surface area contributed by atoms with E-state index in [1.54, 1.807) is 24.3 Å². The zero-order valence-electron chi connectivity index (χ0n) is 14.5. The Morgan fingerprint density at radius 3 is 2.77 bits per heavy atom. The number of carbonyl (C=O) groups excluding carboxylic acids is 1. The molecule has 1 aliphatic heterocycles. The van der Waals surface area contributed by atoms with E-state index in [-0.39, 0.29) is 12.5 Å². The van der Waals surface area contributed by atoms with Crippen LogP contribution in [0.5, 0.6) is 5.75 Å². The fraction of sp³-hybridized carbons (Fsp3) is 0.250. The Kier molecular flexibility index (Phi) is 4.39. The van der Waals surface area contributed by atoms with Gasteiger partial charge in [0.15, 0.2) is 6.61 Å². The van der Waals surface area contributed by atoms with E-state index in [9.17, 15) is 4.79 Å². The van der Waals surface area contributed by atoms with Gasteiger partial charge in [-0.1, -0.05) is 30.3 Å². The van der Waals surface area contributed by atoms with Gasteiger partial charge in [0, 0.05) is 24.2 Å². The number of aromatic nitrogens is 2. The fourth-order valence-electron chi connectivity index (χ4n) is 3.04. The first kappa shape index (κ1) is 16.3. The minimum atomic E-state index is 0.00672. The van der Waals surface area contributed by atoms with Crippen molar-refractivity contribution < 1.29 is 14.1 Å². The van der Waals surface area contributed by atoms with E-state index in [2.05, 4.69) is 16.2 Å². The molecule has 0 saturated carbocycles. The Morgan fingerprint density at radius 1 is 1.19 bits per heavy atom. The summed E-state index contributed by atoms with van der Waals surface area (Å²) in [6.07, 6.45) is 1.59. The molecular weight excluding hydrogens is 330 g/mol. The summed E-state index contributed by atoms with van der Waals surface area (Å²) >= 11 is 0. The maximum Gasteiger partial charge on any atom is 0.258 e. The van der Waals surface area contributed by atoms with E-state index in [0.717, 1.165) is 12.1 Å². The van der Waals surface area contributed by atoms with Crippen LogP contribution >= 0.6 is 0 Å². The van der Waals surface area contributed by atoms with Crippen molar-refractivity contribution in [3.8, 4) is 5.75 Å². The lowest BCUT2D eigenvalue weighted by atomic mass is 10.1. The second kappa shape index (κ2) is 7.00. The molecule has 0 bridgehead atoms. The molecule has 1 aliphatic rings. The van der Waals surface area contributed by atoms with Gasteiger partial charge in [0.05, 0.1) is 0 Å². The van der Waals surface area contributed by atoms with Crippen LogP contribution in [0.2, 0.25) is 0 Å². The lowest BCUT2D eigenvalue weighted by Gasteiger charge is -2.17. The van der Waals surface area contributed by atoms with Gasteiger partial charge in [0.1, 0.15) is 5.75 Å². The number of benzene rings is 2. The van der Waals surface area contributed by atoms with Crippen molar-refractivity contribution in [1.29, 1.82) is 0 Å². The summed E-state index contributed by atoms with van der Waals surface area (Å²) in [7, 11) is 0. The van der Waals surface area contributed by atoms with Gasteiger partial charge < -0.3 is 14.2 Å². The molecule has 1 amide bonds. The molecule has 0 unspecified atom stereocenters. The summed E-state index contributed by atoms with van der Waals surface area (Å²) in [5.41, 5.74) is 2.86. The molecule has 2 heterocycles. The molecule has 2 aromatic carbocycles. The third-order valence-electron chi connectivity index (χ3n) is 4.41. The first-order valence-corrected chi connectivity index (χ1v) is 8.68. The van der Waals surface area contributed by atoms with Crippen molar-refractivity contribution in [3.05, 3.63) is 71.4 Å². The van der Waals surface area contributed by atoms with Crippen LogP contribution < -0.4 is 9.64 Å².